The van der Waals surface area contributed by atoms with E-state index in [1.165, 1.54) is 9.13 Å². The van der Waals surface area contributed by atoms with Gasteiger partial charge >= 0.3 is 11.7 Å². The van der Waals surface area contributed by atoms with Crippen molar-refractivity contribution in [1.82, 2.24) is 24.0 Å². The number of hydrogen-bond acceptors (Lipinski definition) is 5. The van der Waals surface area contributed by atoms with Crippen LogP contribution in [0.3, 0.4) is 0 Å². The number of carbonyl (C=O) groups excluding carboxylic acids is 1. The van der Waals surface area contributed by atoms with Gasteiger partial charge in [0.2, 0.25) is 0 Å². The molecule has 1 saturated heterocycles. The summed E-state index contributed by atoms with van der Waals surface area (Å²) in [5.41, 5.74) is 1.53. The molecule has 0 N–H and O–H groups in total. The molecule has 0 radical (unpaired) electrons. The number of nitrogens with zero attached hydrogens (tertiary/aromatic N) is 5. The summed E-state index contributed by atoms with van der Waals surface area (Å²) in [6.45, 7) is 1.34. The maximum absolute atomic E-state index is 12.8. The molecule has 3 heterocycles. The van der Waals surface area contributed by atoms with Gasteiger partial charge in [-0.05, 0) is 30.5 Å². The first-order chi connectivity index (χ1) is 13.1. The van der Waals surface area contributed by atoms with E-state index < -0.39 is 5.69 Å². The van der Waals surface area contributed by atoms with Crippen LogP contribution in [0.25, 0.3) is 11.2 Å². The number of methoxy groups -OCH3 is 1. The Morgan fingerprint density at radius 1 is 1.19 bits per heavy atom. The van der Waals surface area contributed by atoms with Gasteiger partial charge in [0.25, 0.3) is 0 Å². The van der Waals surface area contributed by atoms with Crippen molar-refractivity contribution in [2.45, 2.75) is 19.3 Å². The molecular formula is C19H21N5O3. The van der Waals surface area contributed by atoms with E-state index in [0.29, 0.717) is 36.5 Å². The van der Waals surface area contributed by atoms with Crippen LogP contribution in [0.5, 0.6) is 5.75 Å². The van der Waals surface area contributed by atoms with E-state index in [4.69, 9.17) is 4.74 Å². The Bertz CT molecular complexity index is 1050. The highest BCUT2D eigenvalue weighted by Gasteiger charge is 2.25. The molecule has 0 aliphatic carbocycles. The number of aryl methyl sites for hydroxylation is 1. The first kappa shape index (κ1) is 17.3. The summed E-state index contributed by atoms with van der Waals surface area (Å²) in [5.74, 6) is 1.34. The number of imidazole rings is 1. The zero-order valence-corrected chi connectivity index (χ0v) is 15.4. The second-order valence-electron chi connectivity index (χ2n) is 6.67. The minimum atomic E-state index is -0.391. The number of carbonyl (C=O) groups is 1. The van der Waals surface area contributed by atoms with Crippen molar-refractivity contribution in [1.29, 1.82) is 0 Å². The van der Waals surface area contributed by atoms with Crippen molar-refractivity contribution in [3.05, 3.63) is 52.3 Å². The van der Waals surface area contributed by atoms with Gasteiger partial charge in [-0.15, -0.1) is 0 Å². The minimum Gasteiger partial charge on any atom is -0.497 e. The zero-order valence-electron chi connectivity index (χ0n) is 15.4. The van der Waals surface area contributed by atoms with Gasteiger partial charge < -0.3 is 9.64 Å². The topological polar surface area (TPSA) is 82.2 Å². The summed E-state index contributed by atoms with van der Waals surface area (Å²) in [7, 11) is 3.25. The molecule has 2 aromatic heterocycles. The van der Waals surface area contributed by atoms with Gasteiger partial charge in [0, 0.05) is 26.6 Å². The second kappa shape index (κ2) is 6.86. The molecule has 0 spiro atoms. The third-order valence-corrected chi connectivity index (χ3v) is 4.94. The molecule has 0 saturated carbocycles. The van der Waals surface area contributed by atoms with Gasteiger partial charge in [-0.3, -0.25) is 4.57 Å². The Morgan fingerprint density at radius 2 is 1.89 bits per heavy atom. The van der Waals surface area contributed by atoms with Crippen LogP contribution in [0, 0.1) is 0 Å². The summed E-state index contributed by atoms with van der Waals surface area (Å²) in [5, 5.41) is 0. The van der Waals surface area contributed by atoms with E-state index in [2.05, 4.69) is 9.97 Å². The number of hydrogen-bond donors (Lipinski definition) is 0. The fourth-order valence-electron chi connectivity index (χ4n) is 3.38. The highest BCUT2D eigenvalue weighted by Crippen LogP contribution is 2.16. The summed E-state index contributed by atoms with van der Waals surface area (Å²) in [6.07, 6.45) is 4.03. The fourth-order valence-corrected chi connectivity index (χ4v) is 3.38. The standard InChI is InChI=1S/C19H21N5O3/c1-22-15-12-20-16(11-13-5-7-14(27-2)8-6-13)21-17(15)24(18(22)25)19(26)23-9-3-4-10-23/h5-8,12H,3-4,9-11H2,1-2H3. The fraction of sp³-hybridized carbons (Fsp3) is 0.368. The van der Waals surface area contributed by atoms with Gasteiger partial charge in [0.1, 0.15) is 17.1 Å². The Labute approximate surface area is 156 Å². The third-order valence-electron chi connectivity index (χ3n) is 4.94. The highest BCUT2D eigenvalue weighted by atomic mass is 16.5. The highest BCUT2D eigenvalue weighted by molar-refractivity contribution is 5.87. The Kier molecular flexibility index (Phi) is 4.39. The molecule has 8 heteroatoms. The van der Waals surface area contributed by atoms with Crippen LogP contribution >= 0.6 is 0 Å². The molecule has 1 aliphatic rings. The largest absolute Gasteiger partial charge is 0.497 e. The van der Waals surface area contributed by atoms with Crippen molar-refractivity contribution >= 4 is 17.2 Å². The minimum absolute atomic E-state index is 0.308. The summed E-state index contributed by atoms with van der Waals surface area (Å²) in [4.78, 5) is 36.1. The van der Waals surface area contributed by atoms with Crippen molar-refractivity contribution in [2.75, 3.05) is 20.2 Å². The van der Waals surface area contributed by atoms with Crippen molar-refractivity contribution in [3.63, 3.8) is 0 Å². The summed E-state index contributed by atoms with van der Waals surface area (Å²) < 4.78 is 7.75. The molecule has 140 valence electrons. The number of ether oxygens (including phenoxy) is 1. The lowest BCUT2D eigenvalue weighted by atomic mass is 10.1. The molecule has 4 rings (SSSR count). The van der Waals surface area contributed by atoms with Crippen LogP contribution in [0.15, 0.2) is 35.3 Å². The molecule has 1 fully saturated rings. The molecule has 8 nitrogen and oxygen atoms in total. The average molecular weight is 367 g/mol. The van der Waals surface area contributed by atoms with Gasteiger partial charge in [0.05, 0.1) is 13.3 Å². The van der Waals surface area contributed by atoms with Gasteiger partial charge in [-0.25, -0.2) is 19.6 Å². The SMILES string of the molecule is COc1ccc(Cc2ncc3c(n2)n(C(=O)N2CCCC2)c(=O)n3C)cc1. The Hall–Kier alpha value is -3.16. The smallest absolute Gasteiger partial charge is 0.338 e. The Balaban J connectivity index is 1.72. The molecular weight excluding hydrogens is 346 g/mol. The van der Waals surface area contributed by atoms with Crippen LogP contribution in [0.2, 0.25) is 0 Å². The summed E-state index contributed by atoms with van der Waals surface area (Å²) in [6, 6.07) is 7.34. The van der Waals surface area contributed by atoms with Gasteiger partial charge in [-0.2, -0.15) is 4.57 Å². The van der Waals surface area contributed by atoms with Crippen LogP contribution in [0.4, 0.5) is 4.79 Å². The molecule has 1 aromatic carbocycles. The maximum Gasteiger partial charge on any atom is 0.338 e. The molecule has 1 aliphatic heterocycles. The van der Waals surface area contributed by atoms with Crippen LogP contribution in [0.1, 0.15) is 24.2 Å². The molecule has 0 bridgehead atoms. The lowest BCUT2D eigenvalue weighted by Crippen LogP contribution is -2.38. The van der Waals surface area contributed by atoms with E-state index >= 15 is 0 Å². The van der Waals surface area contributed by atoms with Crippen LogP contribution < -0.4 is 10.4 Å². The number of aromatic nitrogens is 4. The van der Waals surface area contributed by atoms with Crippen molar-refractivity contribution in [2.24, 2.45) is 7.05 Å². The van der Waals surface area contributed by atoms with Crippen molar-refractivity contribution in [3.8, 4) is 5.75 Å². The number of rotatable bonds is 3. The monoisotopic (exact) mass is 367 g/mol. The van der Waals surface area contributed by atoms with Crippen LogP contribution in [-0.4, -0.2) is 50.2 Å². The lowest BCUT2D eigenvalue weighted by molar-refractivity contribution is 0.210. The number of benzene rings is 1. The molecule has 1 amide bonds. The van der Waals surface area contributed by atoms with E-state index in [1.807, 2.05) is 24.3 Å². The first-order valence-electron chi connectivity index (χ1n) is 8.94. The predicted octanol–water partition coefficient (Wildman–Crippen LogP) is 1.79. The second-order valence-corrected chi connectivity index (χ2v) is 6.67. The van der Waals surface area contributed by atoms with Crippen LogP contribution in [-0.2, 0) is 13.5 Å². The normalized spacial score (nSPS) is 14.1. The average Bonchev–Trinajstić information content (AvgIpc) is 3.30. The van der Waals surface area contributed by atoms with Gasteiger partial charge in [0.15, 0.2) is 5.65 Å². The van der Waals surface area contributed by atoms with Crippen molar-refractivity contribution < 1.29 is 9.53 Å². The molecule has 3 aromatic rings. The van der Waals surface area contributed by atoms with E-state index in [1.54, 1.807) is 25.3 Å². The lowest BCUT2D eigenvalue weighted by Gasteiger charge is -2.14. The molecule has 0 unspecified atom stereocenters. The zero-order chi connectivity index (χ0) is 19.0. The predicted molar refractivity (Wildman–Crippen MR) is 100 cm³/mol. The van der Waals surface area contributed by atoms with E-state index in [9.17, 15) is 9.59 Å². The molecule has 0 atom stereocenters. The number of likely N-dealkylation sites (tertiary alicyclic amines) is 1. The van der Waals surface area contributed by atoms with Gasteiger partial charge in [-0.1, -0.05) is 12.1 Å². The quantitative estimate of drug-likeness (QED) is 0.705. The first-order valence-corrected chi connectivity index (χ1v) is 8.94. The van der Waals surface area contributed by atoms with E-state index in [-0.39, 0.29) is 6.03 Å². The third kappa shape index (κ3) is 3.07. The maximum atomic E-state index is 12.8. The number of amides is 1. The molecule has 27 heavy (non-hydrogen) atoms. The van der Waals surface area contributed by atoms with E-state index in [0.717, 1.165) is 24.2 Å². The Morgan fingerprint density at radius 3 is 2.56 bits per heavy atom. The summed E-state index contributed by atoms with van der Waals surface area (Å²) >= 11 is 0. The number of fused-ring (bicyclic) bond motifs is 1.